The van der Waals surface area contributed by atoms with Crippen LogP contribution in [-0.2, 0) is 0 Å². The van der Waals surface area contributed by atoms with Crippen molar-refractivity contribution < 1.29 is 9.53 Å². The summed E-state index contributed by atoms with van der Waals surface area (Å²) < 4.78 is 7.03. The zero-order valence-electron chi connectivity index (χ0n) is 14.7. The number of carbonyl (C=O) groups is 1. The smallest absolute Gasteiger partial charge is 0.272 e. The van der Waals surface area contributed by atoms with Crippen molar-refractivity contribution in [3.63, 3.8) is 0 Å². The first-order valence-corrected chi connectivity index (χ1v) is 9.76. The van der Waals surface area contributed by atoms with Crippen LogP contribution in [-0.4, -0.2) is 40.9 Å². The molecule has 0 atom stereocenters. The van der Waals surface area contributed by atoms with E-state index in [-0.39, 0.29) is 5.91 Å². The Morgan fingerprint density at radius 2 is 2.00 bits per heavy atom. The Kier molecular flexibility index (Phi) is 5.00. The molecule has 1 aliphatic rings. The fourth-order valence-electron chi connectivity index (χ4n) is 3.04. The van der Waals surface area contributed by atoms with Crippen molar-refractivity contribution in [3.8, 4) is 10.9 Å². The molecule has 1 amide bonds. The molecule has 4 rings (SSSR count). The summed E-state index contributed by atoms with van der Waals surface area (Å²) in [5, 5.41) is 13.5. The second kappa shape index (κ2) is 7.58. The number of hydrogen-bond acceptors (Lipinski definition) is 6. The molecule has 3 heterocycles. The Morgan fingerprint density at radius 1 is 1.22 bits per heavy atom. The van der Waals surface area contributed by atoms with Crippen molar-refractivity contribution in [2.75, 3.05) is 30.4 Å². The van der Waals surface area contributed by atoms with Gasteiger partial charge < -0.3 is 15.0 Å². The van der Waals surface area contributed by atoms with Crippen LogP contribution in [0.15, 0.2) is 36.5 Å². The molecule has 1 aromatic carbocycles. The van der Waals surface area contributed by atoms with Crippen LogP contribution in [0, 0.1) is 0 Å². The van der Waals surface area contributed by atoms with Gasteiger partial charge in [0.05, 0.1) is 12.8 Å². The van der Waals surface area contributed by atoms with Crippen molar-refractivity contribution >= 4 is 39.7 Å². The number of rotatable bonds is 5. The van der Waals surface area contributed by atoms with E-state index >= 15 is 0 Å². The monoisotopic (exact) mass is 403 g/mol. The minimum atomic E-state index is -0.279. The average molecular weight is 404 g/mol. The average Bonchev–Trinajstić information content (AvgIpc) is 3.41. The number of nitrogens with one attached hydrogen (secondary N) is 1. The summed E-state index contributed by atoms with van der Waals surface area (Å²) in [6, 6.07) is 8.62. The number of benzene rings is 1. The molecule has 0 spiro atoms. The molecule has 1 fully saturated rings. The highest BCUT2D eigenvalue weighted by atomic mass is 35.5. The fraction of sp³-hybridized carbons (Fsp3) is 0.278. The lowest BCUT2D eigenvalue weighted by Crippen LogP contribution is -2.17. The highest BCUT2D eigenvalue weighted by molar-refractivity contribution is 7.17. The summed E-state index contributed by atoms with van der Waals surface area (Å²) in [4.78, 5) is 15.1. The standard InChI is InChI=1S/C18H18ClN5O2S/c1-26-15-7-6-12(19)11-13(15)20-16(25)14-5-4-10-24(14)18-22-21-17(27-18)23-8-2-3-9-23/h4-7,10-11H,2-3,8-9H2,1H3,(H,20,25). The number of nitrogens with zero attached hydrogens (tertiary/aromatic N) is 4. The molecular formula is C18H18ClN5O2S. The number of ether oxygens (including phenoxy) is 1. The van der Waals surface area contributed by atoms with Crippen LogP contribution in [0.2, 0.25) is 5.02 Å². The van der Waals surface area contributed by atoms with E-state index in [1.54, 1.807) is 48.2 Å². The molecular weight excluding hydrogens is 386 g/mol. The molecule has 27 heavy (non-hydrogen) atoms. The van der Waals surface area contributed by atoms with E-state index in [4.69, 9.17) is 16.3 Å². The van der Waals surface area contributed by atoms with Crippen molar-refractivity contribution in [1.82, 2.24) is 14.8 Å². The van der Waals surface area contributed by atoms with Gasteiger partial charge >= 0.3 is 0 Å². The Bertz CT molecular complexity index is 964. The van der Waals surface area contributed by atoms with E-state index in [0.29, 0.717) is 27.3 Å². The third-order valence-corrected chi connectivity index (χ3v) is 5.60. The van der Waals surface area contributed by atoms with Crippen LogP contribution >= 0.6 is 22.9 Å². The third kappa shape index (κ3) is 3.63. The van der Waals surface area contributed by atoms with E-state index in [1.807, 2.05) is 0 Å². The highest BCUT2D eigenvalue weighted by Crippen LogP contribution is 2.30. The van der Waals surface area contributed by atoms with Gasteiger partial charge in [-0.3, -0.25) is 9.36 Å². The van der Waals surface area contributed by atoms with Gasteiger partial charge in [-0.2, -0.15) is 0 Å². The van der Waals surface area contributed by atoms with Gasteiger partial charge in [-0.05, 0) is 43.2 Å². The molecule has 0 aliphatic carbocycles. The molecule has 0 radical (unpaired) electrons. The van der Waals surface area contributed by atoms with Gasteiger partial charge in [0.1, 0.15) is 11.4 Å². The quantitative estimate of drug-likeness (QED) is 0.700. The van der Waals surface area contributed by atoms with Crippen molar-refractivity contribution in [3.05, 3.63) is 47.2 Å². The summed E-state index contributed by atoms with van der Waals surface area (Å²) in [6.45, 7) is 2.00. The van der Waals surface area contributed by atoms with Crippen molar-refractivity contribution in [1.29, 1.82) is 0 Å². The molecule has 0 saturated carbocycles. The Morgan fingerprint density at radius 3 is 2.78 bits per heavy atom. The van der Waals surface area contributed by atoms with Gasteiger partial charge in [-0.25, -0.2) is 0 Å². The SMILES string of the molecule is COc1ccc(Cl)cc1NC(=O)c1cccn1-c1nnc(N2CCCC2)s1. The Hall–Kier alpha value is -2.58. The van der Waals surface area contributed by atoms with Gasteiger partial charge in [-0.15, -0.1) is 10.2 Å². The molecule has 9 heteroatoms. The maximum atomic E-state index is 12.8. The van der Waals surface area contributed by atoms with Gasteiger partial charge in [0, 0.05) is 24.3 Å². The third-order valence-electron chi connectivity index (χ3n) is 4.38. The topological polar surface area (TPSA) is 72.3 Å². The van der Waals surface area contributed by atoms with Crippen molar-refractivity contribution in [2.45, 2.75) is 12.8 Å². The molecule has 1 aliphatic heterocycles. The minimum absolute atomic E-state index is 0.279. The maximum Gasteiger partial charge on any atom is 0.272 e. The van der Waals surface area contributed by atoms with E-state index < -0.39 is 0 Å². The summed E-state index contributed by atoms with van der Waals surface area (Å²) in [7, 11) is 1.54. The van der Waals surface area contributed by atoms with Crippen LogP contribution in [0.3, 0.4) is 0 Å². The second-order valence-electron chi connectivity index (χ2n) is 6.12. The first kappa shape index (κ1) is 17.8. The first-order valence-electron chi connectivity index (χ1n) is 8.57. The number of methoxy groups -OCH3 is 1. The van der Waals surface area contributed by atoms with E-state index in [9.17, 15) is 4.79 Å². The summed E-state index contributed by atoms with van der Waals surface area (Å²) in [5.74, 6) is 0.261. The van der Waals surface area contributed by atoms with Gasteiger partial charge in [0.2, 0.25) is 10.3 Å². The van der Waals surface area contributed by atoms with E-state index in [0.717, 1.165) is 18.2 Å². The molecule has 7 nitrogen and oxygen atoms in total. The molecule has 1 N–H and O–H groups in total. The molecule has 0 unspecified atom stereocenters. The molecule has 0 bridgehead atoms. The van der Waals surface area contributed by atoms with Crippen LogP contribution in [0.1, 0.15) is 23.3 Å². The van der Waals surface area contributed by atoms with Crippen LogP contribution in [0.4, 0.5) is 10.8 Å². The summed E-state index contributed by atoms with van der Waals surface area (Å²) >= 11 is 7.52. The van der Waals surface area contributed by atoms with Crippen LogP contribution in [0.25, 0.3) is 5.13 Å². The van der Waals surface area contributed by atoms with E-state index in [1.165, 1.54) is 24.2 Å². The first-order chi connectivity index (χ1) is 13.2. The lowest BCUT2D eigenvalue weighted by molar-refractivity contribution is 0.102. The van der Waals surface area contributed by atoms with Crippen LogP contribution in [0.5, 0.6) is 5.75 Å². The predicted octanol–water partition coefficient (Wildman–Crippen LogP) is 3.84. The zero-order valence-corrected chi connectivity index (χ0v) is 16.3. The maximum absolute atomic E-state index is 12.8. The predicted molar refractivity (Wildman–Crippen MR) is 107 cm³/mol. The van der Waals surface area contributed by atoms with Gasteiger partial charge in [0.15, 0.2) is 0 Å². The number of carbonyl (C=O) groups excluding carboxylic acids is 1. The lowest BCUT2D eigenvalue weighted by atomic mass is 10.2. The second-order valence-corrected chi connectivity index (χ2v) is 7.49. The number of amides is 1. The molecule has 2 aromatic heterocycles. The molecule has 3 aromatic rings. The summed E-state index contributed by atoms with van der Waals surface area (Å²) in [6.07, 6.45) is 4.15. The summed E-state index contributed by atoms with van der Waals surface area (Å²) in [5.41, 5.74) is 0.971. The van der Waals surface area contributed by atoms with Crippen LogP contribution < -0.4 is 15.0 Å². The highest BCUT2D eigenvalue weighted by Gasteiger charge is 2.20. The normalized spacial score (nSPS) is 13.8. The lowest BCUT2D eigenvalue weighted by Gasteiger charge is -2.12. The number of halogens is 1. The van der Waals surface area contributed by atoms with Gasteiger partial charge in [-0.1, -0.05) is 22.9 Å². The number of anilines is 2. The molecule has 1 saturated heterocycles. The van der Waals surface area contributed by atoms with Gasteiger partial charge in [0.25, 0.3) is 5.91 Å². The molecule has 140 valence electrons. The number of aromatic nitrogens is 3. The minimum Gasteiger partial charge on any atom is -0.495 e. The number of hydrogen-bond donors (Lipinski definition) is 1. The van der Waals surface area contributed by atoms with E-state index in [2.05, 4.69) is 20.4 Å². The fourth-order valence-corrected chi connectivity index (χ4v) is 4.11. The Balaban J connectivity index is 1.58. The Labute approximate surface area is 165 Å². The largest absolute Gasteiger partial charge is 0.495 e. The van der Waals surface area contributed by atoms with Crippen molar-refractivity contribution in [2.24, 2.45) is 0 Å². The zero-order chi connectivity index (χ0) is 18.8.